The maximum absolute atomic E-state index is 12.9. The third-order valence-electron chi connectivity index (χ3n) is 5.30. The fraction of sp³-hybridized carbons (Fsp3) is 0.381. The van der Waals surface area contributed by atoms with Crippen molar-refractivity contribution in [1.82, 2.24) is 19.5 Å². The molecule has 0 amide bonds. The molecule has 0 spiro atoms. The second-order valence-electron chi connectivity index (χ2n) is 7.70. The smallest absolute Gasteiger partial charge is 0.383 e. The summed E-state index contributed by atoms with van der Waals surface area (Å²) in [6.45, 7) is 1.88. The molecule has 158 valence electrons. The standard InChI is InChI=1S/C21H22F3N5O/c1-14-9-15(27-19-25-8-5-17(28-19)21(22,23)24)11-16(10-14)29-12-18(26-13-29)20(30)6-3-2-4-7-20/h5,8-13,30H,2-4,6-7H2,1H3,(H,25,27,28). The van der Waals surface area contributed by atoms with Crippen molar-refractivity contribution in [1.29, 1.82) is 0 Å². The number of aryl methyl sites for hydroxylation is 1. The van der Waals surface area contributed by atoms with Crippen molar-refractivity contribution in [2.75, 3.05) is 5.32 Å². The zero-order chi connectivity index (χ0) is 21.4. The fourth-order valence-electron chi connectivity index (χ4n) is 3.79. The molecule has 0 radical (unpaired) electrons. The second kappa shape index (κ2) is 7.71. The number of alkyl halides is 3. The molecule has 0 unspecified atom stereocenters. The van der Waals surface area contributed by atoms with E-state index in [4.69, 9.17) is 0 Å². The average molecular weight is 417 g/mol. The number of halogens is 3. The highest BCUT2D eigenvalue weighted by atomic mass is 19.4. The van der Waals surface area contributed by atoms with Gasteiger partial charge in [-0.05, 0) is 49.6 Å². The predicted octanol–water partition coefficient (Wildman–Crippen LogP) is 4.88. The Hall–Kier alpha value is -2.94. The van der Waals surface area contributed by atoms with E-state index in [-0.39, 0.29) is 5.95 Å². The summed E-state index contributed by atoms with van der Waals surface area (Å²) in [5.74, 6) is -0.135. The van der Waals surface area contributed by atoms with E-state index in [1.54, 1.807) is 23.0 Å². The van der Waals surface area contributed by atoms with Gasteiger partial charge in [0.2, 0.25) is 5.95 Å². The Balaban J connectivity index is 1.60. The molecule has 2 N–H and O–H groups in total. The molecule has 0 bridgehead atoms. The van der Waals surface area contributed by atoms with Crippen LogP contribution in [-0.4, -0.2) is 24.6 Å². The number of nitrogens with zero attached hydrogens (tertiary/aromatic N) is 4. The summed E-state index contributed by atoms with van der Waals surface area (Å²) in [4.78, 5) is 11.8. The van der Waals surface area contributed by atoms with E-state index in [1.807, 2.05) is 19.2 Å². The number of hydrogen-bond donors (Lipinski definition) is 2. The van der Waals surface area contributed by atoms with Crippen molar-refractivity contribution in [2.24, 2.45) is 0 Å². The Kier molecular flexibility index (Phi) is 5.23. The highest BCUT2D eigenvalue weighted by Gasteiger charge is 2.34. The van der Waals surface area contributed by atoms with E-state index in [1.165, 1.54) is 0 Å². The van der Waals surface area contributed by atoms with Gasteiger partial charge < -0.3 is 15.0 Å². The van der Waals surface area contributed by atoms with Gasteiger partial charge in [-0.2, -0.15) is 13.2 Å². The summed E-state index contributed by atoms with van der Waals surface area (Å²) in [7, 11) is 0. The monoisotopic (exact) mass is 417 g/mol. The lowest BCUT2D eigenvalue weighted by Gasteiger charge is -2.30. The molecule has 1 aromatic carbocycles. The van der Waals surface area contributed by atoms with Crippen LogP contribution < -0.4 is 5.32 Å². The van der Waals surface area contributed by atoms with Gasteiger partial charge in [0.1, 0.15) is 11.3 Å². The van der Waals surface area contributed by atoms with Gasteiger partial charge in [-0.15, -0.1) is 0 Å². The molecule has 0 atom stereocenters. The molecule has 2 heterocycles. The van der Waals surface area contributed by atoms with Crippen molar-refractivity contribution in [3.63, 3.8) is 0 Å². The number of hydrogen-bond acceptors (Lipinski definition) is 5. The van der Waals surface area contributed by atoms with Crippen molar-refractivity contribution < 1.29 is 18.3 Å². The lowest BCUT2D eigenvalue weighted by atomic mass is 9.83. The number of nitrogens with one attached hydrogen (secondary N) is 1. The Morgan fingerprint density at radius 1 is 1.10 bits per heavy atom. The summed E-state index contributed by atoms with van der Waals surface area (Å²) in [5, 5.41) is 13.7. The third kappa shape index (κ3) is 4.30. The zero-order valence-corrected chi connectivity index (χ0v) is 16.4. The molecule has 1 fully saturated rings. The maximum atomic E-state index is 12.9. The molecule has 30 heavy (non-hydrogen) atoms. The largest absolute Gasteiger partial charge is 0.433 e. The third-order valence-corrected chi connectivity index (χ3v) is 5.30. The molecule has 1 aliphatic carbocycles. The van der Waals surface area contributed by atoms with Crippen LogP contribution in [0.2, 0.25) is 0 Å². The molecule has 0 saturated heterocycles. The topological polar surface area (TPSA) is 75.9 Å². The van der Waals surface area contributed by atoms with Crippen LogP contribution >= 0.6 is 0 Å². The number of imidazole rings is 1. The van der Waals surface area contributed by atoms with Crippen LogP contribution in [0.15, 0.2) is 43.0 Å². The fourth-order valence-corrected chi connectivity index (χ4v) is 3.79. The first-order chi connectivity index (χ1) is 14.2. The predicted molar refractivity (Wildman–Crippen MR) is 106 cm³/mol. The molecule has 1 saturated carbocycles. The lowest BCUT2D eigenvalue weighted by Crippen LogP contribution is -2.28. The number of benzene rings is 1. The SMILES string of the molecule is Cc1cc(Nc2nccc(C(F)(F)F)n2)cc(-n2cnc(C3(O)CCCCC3)c2)c1. The number of aromatic nitrogens is 4. The summed E-state index contributed by atoms with van der Waals surface area (Å²) < 4.78 is 40.5. The quantitative estimate of drug-likeness (QED) is 0.633. The van der Waals surface area contributed by atoms with E-state index in [0.717, 1.165) is 42.8 Å². The average Bonchev–Trinajstić information content (AvgIpc) is 3.19. The van der Waals surface area contributed by atoms with Gasteiger partial charge in [-0.3, -0.25) is 0 Å². The molecule has 4 rings (SSSR count). The highest BCUT2D eigenvalue weighted by Crippen LogP contribution is 2.36. The first kappa shape index (κ1) is 20.3. The molecule has 1 aliphatic rings. The van der Waals surface area contributed by atoms with Crippen LogP contribution in [0.25, 0.3) is 5.69 Å². The van der Waals surface area contributed by atoms with Crippen molar-refractivity contribution in [2.45, 2.75) is 50.8 Å². The molecular formula is C21H22F3N5O. The van der Waals surface area contributed by atoms with Crippen LogP contribution in [0.3, 0.4) is 0 Å². The minimum absolute atomic E-state index is 0.135. The van der Waals surface area contributed by atoms with Gasteiger partial charge in [-0.1, -0.05) is 19.3 Å². The minimum Gasteiger partial charge on any atom is -0.383 e. The van der Waals surface area contributed by atoms with Gasteiger partial charge in [0.05, 0.1) is 12.0 Å². The van der Waals surface area contributed by atoms with E-state index in [9.17, 15) is 18.3 Å². The van der Waals surface area contributed by atoms with E-state index in [0.29, 0.717) is 24.2 Å². The summed E-state index contributed by atoms with van der Waals surface area (Å²) >= 11 is 0. The van der Waals surface area contributed by atoms with Crippen LogP contribution in [-0.2, 0) is 11.8 Å². The number of rotatable bonds is 4. The Morgan fingerprint density at radius 2 is 1.87 bits per heavy atom. The molecule has 2 aromatic heterocycles. The normalized spacial score (nSPS) is 16.4. The van der Waals surface area contributed by atoms with E-state index in [2.05, 4.69) is 20.3 Å². The van der Waals surface area contributed by atoms with Crippen molar-refractivity contribution in [3.8, 4) is 5.69 Å². The van der Waals surface area contributed by atoms with Gasteiger partial charge >= 0.3 is 6.18 Å². The van der Waals surface area contributed by atoms with E-state index >= 15 is 0 Å². The summed E-state index contributed by atoms with van der Waals surface area (Å²) in [5.41, 5.74) is 0.944. The van der Waals surface area contributed by atoms with Gasteiger partial charge in [0.15, 0.2) is 0 Å². The van der Waals surface area contributed by atoms with Gasteiger partial charge in [0.25, 0.3) is 0 Å². The van der Waals surface area contributed by atoms with Crippen LogP contribution in [0.4, 0.5) is 24.8 Å². The summed E-state index contributed by atoms with van der Waals surface area (Å²) in [6.07, 6.45) is 4.43. The molecule has 9 heteroatoms. The van der Waals surface area contributed by atoms with E-state index < -0.39 is 17.5 Å². The van der Waals surface area contributed by atoms with Crippen LogP contribution in [0, 0.1) is 6.92 Å². The maximum Gasteiger partial charge on any atom is 0.433 e. The zero-order valence-electron chi connectivity index (χ0n) is 16.4. The lowest BCUT2D eigenvalue weighted by molar-refractivity contribution is -0.141. The molecular weight excluding hydrogens is 395 g/mol. The molecule has 6 nitrogen and oxygen atoms in total. The Labute approximate surface area is 171 Å². The number of anilines is 2. The Bertz CT molecular complexity index is 1040. The highest BCUT2D eigenvalue weighted by molar-refractivity contribution is 5.59. The minimum atomic E-state index is -4.54. The molecule has 0 aliphatic heterocycles. The van der Waals surface area contributed by atoms with Crippen molar-refractivity contribution in [3.05, 3.63) is 59.9 Å². The number of aliphatic hydroxyl groups is 1. The van der Waals surface area contributed by atoms with Crippen LogP contribution in [0.1, 0.15) is 49.1 Å². The first-order valence-corrected chi connectivity index (χ1v) is 9.79. The van der Waals surface area contributed by atoms with Crippen molar-refractivity contribution >= 4 is 11.6 Å². The Morgan fingerprint density at radius 3 is 2.60 bits per heavy atom. The second-order valence-corrected chi connectivity index (χ2v) is 7.70. The summed E-state index contributed by atoms with van der Waals surface area (Å²) in [6, 6.07) is 6.32. The van der Waals surface area contributed by atoms with Gasteiger partial charge in [0, 0.05) is 23.8 Å². The van der Waals surface area contributed by atoms with Crippen LogP contribution in [0.5, 0.6) is 0 Å². The van der Waals surface area contributed by atoms with Gasteiger partial charge in [-0.25, -0.2) is 15.0 Å². The first-order valence-electron chi connectivity index (χ1n) is 9.79. The molecule has 3 aromatic rings.